The Morgan fingerprint density at radius 3 is 2.77 bits per heavy atom. The SMILES string of the molecule is CC(N)=NCC[C@@H]1CCC[C@@H](c2ccc(-n3cc4cc(-c5cc(CCCC(C)C)cc(Cl)c5F)[nH]c4nc3=O)cc2F)N1. The van der Waals surface area contributed by atoms with Gasteiger partial charge in [0.15, 0.2) is 5.82 Å². The molecule has 2 atom stereocenters. The van der Waals surface area contributed by atoms with Crippen LogP contribution in [-0.2, 0) is 6.42 Å². The molecule has 1 fully saturated rings. The van der Waals surface area contributed by atoms with Crippen molar-refractivity contribution in [2.45, 2.75) is 77.8 Å². The topological polar surface area (TPSA) is 101 Å². The zero-order valence-electron chi connectivity index (χ0n) is 24.9. The maximum Gasteiger partial charge on any atom is 0.354 e. The highest BCUT2D eigenvalue weighted by molar-refractivity contribution is 6.31. The van der Waals surface area contributed by atoms with Gasteiger partial charge >= 0.3 is 5.69 Å². The summed E-state index contributed by atoms with van der Waals surface area (Å²) in [7, 11) is 0. The van der Waals surface area contributed by atoms with Gasteiger partial charge in [-0.05, 0) is 80.8 Å². The van der Waals surface area contributed by atoms with Gasteiger partial charge in [-0.25, -0.2) is 13.6 Å². The summed E-state index contributed by atoms with van der Waals surface area (Å²) in [5.41, 5.74) is 8.07. The third kappa shape index (κ3) is 7.33. The van der Waals surface area contributed by atoms with E-state index in [-0.39, 0.29) is 22.9 Å². The number of nitrogens with two attached hydrogens (primary N) is 1. The number of rotatable bonds is 10. The second kappa shape index (κ2) is 13.4. The molecule has 0 amide bonds. The van der Waals surface area contributed by atoms with Crippen LogP contribution >= 0.6 is 11.6 Å². The van der Waals surface area contributed by atoms with Crippen LogP contribution in [0.4, 0.5) is 8.78 Å². The maximum atomic E-state index is 15.5. The van der Waals surface area contributed by atoms with E-state index in [0.717, 1.165) is 50.5 Å². The molecule has 4 aromatic rings. The molecule has 3 heterocycles. The molecule has 0 radical (unpaired) electrons. The number of benzene rings is 2. The fraction of sp³-hybridized carbons (Fsp3) is 0.424. The molecule has 1 aliphatic heterocycles. The molecule has 0 unspecified atom stereocenters. The zero-order chi connectivity index (χ0) is 30.7. The van der Waals surface area contributed by atoms with Gasteiger partial charge in [0.1, 0.15) is 11.5 Å². The predicted octanol–water partition coefficient (Wildman–Crippen LogP) is 7.24. The summed E-state index contributed by atoms with van der Waals surface area (Å²) in [5.74, 6) is 0.223. The van der Waals surface area contributed by atoms with Crippen LogP contribution in [0.2, 0.25) is 5.02 Å². The molecule has 1 saturated heterocycles. The van der Waals surface area contributed by atoms with Crippen molar-refractivity contribution in [1.82, 2.24) is 19.9 Å². The first-order valence-electron chi connectivity index (χ1n) is 15.0. The molecule has 0 saturated carbocycles. The third-order valence-corrected chi connectivity index (χ3v) is 8.37. The highest BCUT2D eigenvalue weighted by Crippen LogP contribution is 2.32. The number of aromatic nitrogens is 3. The van der Waals surface area contributed by atoms with E-state index in [1.807, 2.05) is 0 Å². The van der Waals surface area contributed by atoms with Crippen molar-refractivity contribution in [3.05, 3.63) is 80.9 Å². The molecule has 2 aromatic carbocycles. The summed E-state index contributed by atoms with van der Waals surface area (Å²) < 4.78 is 31.9. The molecule has 1 aliphatic rings. The van der Waals surface area contributed by atoms with Crippen LogP contribution in [-0.4, -0.2) is 33.0 Å². The van der Waals surface area contributed by atoms with Gasteiger partial charge in [0, 0.05) is 41.3 Å². The quantitative estimate of drug-likeness (QED) is 0.130. The first-order chi connectivity index (χ1) is 20.6. The van der Waals surface area contributed by atoms with E-state index in [4.69, 9.17) is 17.3 Å². The van der Waals surface area contributed by atoms with Crippen LogP contribution in [0.15, 0.2) is 52.4 Å². The summed E-state index contributed by atoms with van der Waals surface area (Å²) in [4.78, 5) is 24.5. The van der Waals surface area contributed by atoms with Crippen LogP contribution in [0.3, 0.4) is 0 Å². The number of fused-ring (bicyclic) bond motifs is 1. The van der Waals surface area contributed by atoms with Gasteiger partial charge in [0.25, 0.3) is 0 Å². The van der Waals surface area contributed by atoms with Gasteiger partial charge in [-0.15, -0.1) is 0 Å². The maximum absolute atomic E-state index is 15.5. The number of H-pyrrole nitrogens is 1. The number of aryl methyl sites for hydroxylation is 1. The van der Waals surface area contributed by atoms with E-state index in [2.05, 4.69) is 34.1 Å². The lowest BCUT2D eigenvalue weighted by Crippen LogP contribution is -2.37. The molecule has 7 nitrogen and oxygen atoms in total. The predicted molar refractivity (Wildman–Crippen MR) is 170 cm³/mol. The summed E-state index contributed by atoms with van der Waals surface area (Å²) in [6, 6.07) is 10.1. The Morgan fingerprint density at radius 1 is 1.21 bits per heavy atom. The van der Waals surface area contributed by atoms with Crippen LogP contribution in [0.5, 0.6) is 0 Å². The summed E-state index contributed by atoms with van der Waals surface area (Å²) in [5, 5.41) is 4.19. The van der Waals surface area contributed by atoms with Crippen LogP contribution in [0.25, 0.3) is 28.0 Å². The number of nitrogens with one attached hydrogen (secondary N) is 2. The molecule has 0 aliphatic carbocycles. The van der Waals surface area contributed by atoms with Gasteiger partial charge < -0.3 is 16.0 Å². The van der Waals surface area contributed by atoms with Crippen molar-refractivity contribution in [3.63, 3.8) is 0 Å². The van der Waals surface area contributed by atoms with Crippen LogP contribution < -0.4 is 16.7 Å². The minimum Gasteiger partial charge on any atom is -0.388 e. The normalized spacial score (nSPS) is 17.7. The van der Waals surface area contributed by atoms with E-state index >= 15 is 8.78 Å². The summed E-state index contributed by atoms with van der Waals surface area (Å²) in [6.45, 7) is 6.75. The number of halogens is 3. The Labute approximate surface area is 255 Å². The minimum atomic E-state index is -0.569. The van der Waals surface area contributed by atoms with E-state index < -0.39 is 11.5 Å². The third-order valence-electron chi connectivity index (χ3n) is 8.09. The van der Waals surface area contributed by atoms with Crippen LogP contribution in [0.1, 0.15) is 76.5 Å². The van der Waals surface area contributed by atoms with Crippen LogP contribution in [0, 0.1) is 17.6 Å². The number of nitrogens with zero attached hydrogens (tertiary/aromatic N) is 3. The Morgan fingerprint density at radius 2 is 2.02 bits per heavy atom. The molecule has 228 valence electrons. The van der Waals surface area contributed by atoms with Gasteiger partial charge in [0.05, 0.1) is 22.2 Å². The Kier molecular flexibility index (Phi) is 9.62. The standard InChI is InChI=1S/C33H39ClF2N6O/c1-19(2)6-4-7-21-14-26(31(36)27(34)15-21)30-16-22-18-42(33(43)41-32(22)40-30)24-10-11-25(28(35)17-24)29-9-5-8-23(39-29)12-13-38-20(3)37/h10-11,14-19,23,29,39H,4-9,12-13H2,1-3H3,(H2,37,38)(H,40,41,43)/t23-,29-/m0/s1. The van der Waals surface area contributed by atoms with E-state index in [9.17, 15) is 4.79 Å². The molecule has 4 N–H and O–H groups in total. The molecule has 0 spiro atoms. The molecule has 5 rings (SSSR count). The second-order valence-corrected chi connectivity index (χ2v) is 12.4. The largest absolute Gasteiger partial charge is 0.388 e. The van der Waals surface area contributed by atoms with Crippen molar-refractivity contribution in [1.29, 1.82) is 0 Å². The minimum absolute atomic E-state index is 0.0525. The van der Waals surface area contributed by atoms with Gasteiger partial charge in [-0.1, -0.05) is 44.4 Å². The highest BCUT2D eigenvalue weighted by Gasteiger charge is 2.24. The van der Waals surface area contributed by atoms with E-state index in [1.54, 1.807) is 43.5 Å². The average molecular weight is 609 g/mol. The number of aliphatic imine (C=N–C) groups is 1. The molecule has 10 heteroatoms. The van der Waals surface area contributed by atoms with Crippen molar-refractivity contribution in [3.8, 4) is 16.9 Å². The van der Waals surface area contributed by atoms with Crippen molar-refractivity contribution >= 4 is 28.5 Å². The lowest BCUT2D eigenvalue weighted by Gasteiger charge is -2.31. The van der Waals surface area contributed by atoms with E-state index in [0.29, 0.717) is 51.8 Å². The highest BCUT2D eigenvalue weighted by atomic mass is 35.5. The first-order valence-corrected chi connectivity index (χ1v) is 15.4. The second-order valence-electron chi connectivity index (χ2n) is 12.0. The van der Waals surface area contributed by atoms with Gasteiger partial charge in [0.2, 0.25) is 0 Å². The van der Waals surface area contributed by atoms with Crippen molar-refractivity contribution in [2.75, 3.05) is 6.54 Å². The molecule has 2 aromatic heterocycles. The zero-order valence-corrected chi connectivity index (χ0v) is 25.6. The molecule has 43 heavy (non-hydrogen) atoms. The average Bonchev–Trinajstić information content (AvgIpc) is 3.36. The Hall–Kier alpha value is -3.56. The fourth-order valence-electron chi connectivity index (χ4n) is 5.86. The molecular weight excluding hydrogens is 570 g/mol. The van der Waals surface area contributed by atoms with Crippen molar-refractivity contribution < 1.29 is 8.78 Å². The Balaban J connectivity index is 1.39. The fourth-order valence-corrected chi connectivity index (χ4v) is 6.10. The van der Waals surface area contributed by atoms with E-state index in [1.165, 1.54) is 10.6 Å². The van der Waals surface area contributed by atoms with Crippen molar-refractivity contribution in [2.24, 2.45) is 16.6 Å². The Bertz CT molecular complexity index is 1690. The lowest BCUT2D eigenvalue weighted by atomic mass is 9.91. The van der Waals surface area contributed by atoms with Gasteiger partial charge in [-0.3, -0.25) is 9.56 Å². The van der Waals surface area contributed by atoms with Gasteiger partial charge in [-0.2, -0.15) is 4.98 Å². The smallest absolute Gasteiger partial charge is 0.354 e. The molecular formula is C33H39ClF2N6O. The number of piperidine rings is 1. The first kappa shape index (κ1) is 30.9. The number of aromatic amines is 1. The lowest BCUT2D eigenvalue weighted by molar-refractivity contribution is 0.309. The monoisotopic (exact) mass is 608 g/mol. The number of hydrogen-bond acceptors (Lipinski definition) is 4. The summed E-state index contributed by atoms with van der Waals surface area (Å²) in [6.07, 6.45) is 8.08. The summed E-state index contributed by atoms with van der Waals surface area (Å²) >= 11 is 6.26. The number of amidine groups is 1. The molecule has 0 bridgehead atoms. The number of hydrogen-bond donors (Lipinski definition) is 3.